The van der Waals surface area contributed by atoms with Crippen LogP contribution in [0.3, 0.4) is 0 Å². The van der Waals surface area contributed by atoms with Crippen LogP contribution in [0.25, 0.3) is 0 Å². The standard InChI is InChI=1S/C6H14N2O/c1-5(4-7)6(9)8(2)3/h5H,4,7H2,1-3H3. The molecule has 1 atom stereocenters. The predicted molar refractivity (Wildman–Crippen MR) is 36.9 cm³/mol. The lowest BCUT2D eigenvalue weighted by Gasteiger charge is -2.14. The molecule has 0 aliphatic heterocycles. The molecule has 0 heterocycles. The average molecular weight is 130 g/mol. The van der Waals surface area contributed by atoms with Crippen molar-refractivity contribution in [3.63, 3.8) is 0 Å². The van der Waals surface area contributed by atoms with Gasteiger partial charge in [0.05, 0.1) is 0 Å². The maximum absolute atomic E-state index is 10.9. The van der Waals surface area contributed by atoms with Crippen molar-refractivity contribution in [3.8, 4) is 0 Å². The van der Waals surface area contributed by atoms with Gasteiger partial charge >= 0.3 is 0 Å². The third-order valence-electron chi connectivity index (χ3n) is 1.22. The van der Waals surface area contributed by atoms with E-state index in [0.717, 1.165) is 0 Å². The minimum Gasteiger partial charge on any atom is -0.349 e. The molecule has 0 saturated heterocycles. The Hall–Kier alpha value is -0.570. The second-order valence-corrected chi connectivity index (χ2v) is 2.37. The minimum atomic E-state index is -0.0417. The molecule has 0 aromatic carbocycles. The highest BCUT2D eigenvalue weighted by Crippen LogP contribution is 1.94. The Morgan fingerprint density at radius 2 is 2.11 bits per heavy atom. The van der Waals surface area contributed by atoms with Crippen molar-refractivity contribution >= 4 is 5.91 Å². The Morgan fingerprint density at radius 1 is 1.67 bits per heavy atom. The van der Waals surface area contributed by atoms with Gasteiger partial charge in [-0.15, -0.1) is 0 Å². The smallest absolute Gasteiger partial charge is 0.226 e. The summed E-state index contributed by atoms with van der Waals surface area (Å²) in [5.74, 6) is 0.0532. The summed E-state index contributed by atoms with van der Waals surface area (Å²) in [4.78, 5) is 12.5. The summed E-state index contributed by atoms with van der Waals surface area (Å²) in [7, 11) is 3.46. The first-order valence-corrected chi connectivity index (χ1v) is 3.00. The Labute approximate surface area is 55.8 Å². The van der Waals surface area contributed by atoms with Gasteiger partial charge in [0.25, 0.3) is 0 Å². The van der Waals surface area contributed by atoms with Crippen molar-refractivity contribution in [1.29, 1.82) is 0 Å². The highest BCUT2D eigenvalue weighted by atomic mass is 16.2. The van der Waals surface area contributed by atoms with E-state index in [0.29, 0.717) is 6.54 Å². The molecule has 0 bridgehead atoms. The van der Waals surface area contributed by atoms with Gasteiger partial charge in [-0.25, -0.2) is 0 Å². The van der Waals surface area contributed by atoms with Crippen LogP contribution < -0.4 is 5.73 Å². The fraction of sp³-hybridized carbons (Fsp3) is 0.833. The van der Waals surface area contributed by atoms with Gasteiger partial charge in [0.1, 0.15) is 0 Å². The number of nitrogens with zero attached hydrogens (tertiary/aromatic N) is 1. The van der Waals surface area contributed by atoms with Gasteiger partial charge in [0, 0.05) is 26.6 Å². The lowest BCUT2D eigenvalue weighted by atomic mass is 10.1. The number of amides is 1. The quantitative estimate of drug-likeness (QED) is 0.556. The van der Waals surface area contributed by atoms with Crippen molar-refractivity contribution in [1.82, 2.24) is 4.90 Å². The molecule has 3 nitrogen and oxygen atoms in total. The average Bonchev–Trinajstić information content (AvgIpc) is 1.84. The van der Waals surface area contributed by atoms with Gasteiger partial charge in [-0.3, -0.25) is 4.79 Å². The van der Waals surface area contributed by atoms with Crippen molar-refractivity contribution in [2.24, 2.45) is 11.7 Å². The first-order valence-electron chi connectivity index (χ1n) is 3.00. The first kappa shape index (κ1) is 8.43. The largest absolute Gasteiger partial charge is 0.349 e. The lowest BCUT2D eigenvalue weighted by molar-refractivity contribution is -0.132. The van der Waals surface area contributed by atoms with Crippen LogP contribution in [0.5, 0.6) is 0 Å². The van der Waals surface area contributed by atoms with Crippen molar-refractivity contribution < 1.29 is 4.79 Å². The van der Waals surface area contributed by atoms with E-state index < -0.39 is 0 Å². The zero-order valence-corrected chi connectivity index (χ0v) is 6.22. The fourth-order valence-electron chi connectivity index (χ4n) is 0.542. The molecule has 3 heteroatoms. The van der Waals surface area contributed by atoms with Crippen LogP contribution in [0.15, 0.2) is 0 Å². The molecule has 1 amide bonds. The normalized spacial score (nSPS) is 12.9. The number of nitrogens with two attached hydrogens (primary N) is 1. The zero-order chi connectivity index (χ0) is 7.44. The predicted octanol–water partition coefficient (Wildman–Crippen LogP) is -0.331. The van der Waals surface area contributed by atoms with Crippen LogP contribution in [-0.4, -0.2) is 31.4 Å². The van der Waals surface area contributed by atoms with E-state index in [-0.39, 0.29) is 11.8 Å². The molecule has 1 unspecified atom stereocenters. The topological polar surface area (TPSA) is 46.3 Å². The van der Waals surface area contributed by atoms with E-state index in [1.54, 1.807) is 19.0 Å². The molecule has 0 radical (unpaired) electrons. The number of hydrogen-bond donors (Lipinski definition) is 1. The summed E-state index contributed by atoms with van der Waals surface area (Å²) in [6.07, 6.45) is 0. The Bertz CT molecular complexity index is 101. The van der Waals surface area contributed by atoms with Crippen molar-refractivity contribution in [3.05, 3.63) is 0 Å². The summed E-state index contributed by atoms with van der Waals surface area (Å²) in [6, 6.07) is 0. The number of carbonyl (C=O) groups is 1. The Kier molecular flexibility index (Phi) is 3.24. The van der Waals surface area contributed by atoms with Crippen LogP contribution in [0.2, 0.25) is 0 Å². The third kappa shape index (κ3) is 2.46. The van der Waals surface area contributed by atoms with E-state index >= 15 is 0 Å². The molecule has 0 spiro atoms. The second-order valence-electron chi connectivity index (χ2n) is 2.37. The molecule has 0 aliphatic rings. The van der Waals surface area contributed by atoms with E-state index in [4.69, 9.17) is 5.73 Å². The van der Waals surface area contributed by atoms with Crippen LogP contribution >= 0.6 is 0 Å². The number of hydrogen-bond acceptors (Lipinski definition) is 2. The van der Waals surface area contributed by atoms with Gasteiger partial charge < -0.3 is 10.6 Å². The van der Waals surface area contributed by atoms with Crippen molar-refractivity contribution in [2.45, 2.75) is 6.92 Å². The molecular formula is C6H14N2O. The zero-order valence-electron chi connectivity index (χ0n) is 6.22. The van der Waals surface area contributed by atoms with Gasteiger partial charge in [0.2, 0.25) is 5.91 Å². The maximum atomic E-state index is 10.9. The number of carbonyl (C=O) groups excluding carboxylic acids is 1. The summed E-state index contributed by atoms with van der Waals surface area (Å²) < 4.78 is 0. The van der Waals surface area contributed by atoms with Gasteiger partial charge in [-0.05, 0) is 0 Å². The lowest BCUT2D eigenvalue weighted by Crippen LogP contribution is -2.32. The first-order chi connectivity index (χ1) is 4.09. The van der Waals surface area contributed by atoms with Crippen LogP contribution in [0.1, 0.15) is 6.92 Å². The Morgan fingerprint density at radius 3 is 2.22 bits per heavy atom. The fourth-order valence-corrected chi connectivity index (χ4v) is 0.542. The monoisotopic (exact) mass is 130 g/mol. The molecule has 0 aromatic heterocycles. The molecular weight excluding hydrogens is 116 g/mol. The van der Waals surface area contributed by atoms with E-state index in [1.165, 1.54) is 0 Å². The van der Waals surface area contributed by atoms with E-state index in [9.17, 15) is 4.79 Å². The van der Waals surface area contributed by atoms with Gasteiger partial charge in [-0.1, -0.05) is 6.92 Å². The summed E-state index contributed by atoms with van der Waals surface area (Å²) in [5, 5.41) is 0. The maximum Gasteiger partial charge on any atom is 0.226 e. The molecule has 0 fully saturated rings. The van der Waals surface area contributed by atoms with Crippen LogP contribution in [-0.2, 0) is 4.79 Å². The minimum absolute atomic E-state index is 0.0417. The molecule has 0 saturated carbocycles. The highest BCUT2D eigenvalue weighted by molar-refractivity contribution is 5.78. The second kappa shape index (κ2) is 3.45. The van der Waals surface area contributed by atoms with Crippen LogP contribution in [0.4, 0.5) is 0 Å². The molecule has 54 valence electrons. The summed E-state index contributed by atoms with van der Waals surface area (Å²) in [6.45, 7) is 2.25. The summed E-state index contributed by atoms with van der Waals surface area (Å²) >= 11 is 0. The SMILES string of the molecule is CC(CN)C(=O)N(C)C. The third-order valence-corrected chi connectivity index (χ3v) is 1.22. The van der Waals surface area contributed by atoms with Crippen molar-refractivity contribution in [2.75, 3.05) is 20.6 Å². The molecule has 0 aliphatic carbocycles. The van der Waals surface area contributed by atoms with Gasteiger partial charge in [-0.2, -0.15) is 0 Å². The molecule has 9 heavy (non-hydrogen) atoms. The van der Waals surface area contributed by atoms with Gasteiger partial charge in [0.15, 0.2) is 0 Å². The molecule has 0 rings (SSSR count). The van der Waals surface area contributed by atoms with Crippen LogP contribution in [0, 0.1) is 5.92 Å². The number of rotatable bonds is 2. The summed E-state index contributed by atoms with van der Waals surface area (Å²) in [5.41, 5.74) is 5.26. The van der Waals surface area contributed by atoms with E-state index in [1.807, 2.05) is 6.92 Å². The van der Waals surface area contributed by atoms with E-state index in [2.05, 4.69) is 0 Å². The molecule has 2 N–H and O–H groups in total. The Balaban J connectivity index is 3.73. The molecule has 0 aromatic rings. The highest BCUT2D eigenvalue weighted by Gasteiger charge is 2.11.